The Hall–Kier alpha value is -1.40. The topological polar surface area (TPSA) is 54.7 Å². The number of nitrogen functional groups attached to an aromatic ring is 1. The molecule has 0 aliphatic rings. The van der Waals surface area contributed by atoms with Gasteiger partial charge >= 0.3 is 0 Å². The molecule has 3 N–H and O–H groups in total. The number of aromatic amines is 1. The number of nitrogens with zero attached hydrogens (tertiary/aromatic N) is 1. The number of anilines is 1. The van der Waals surface area contributed by atoms with Crippen molar-refractivity contribution in [1.29, 1.82) is 0 Å². The third kappa shape index (κ3) is 2.26. The van der Waals surface area contributed by atoms with Crippen LogP contribution < -0.4 is 5.73 Å². The molecule has 0 spiro atoms. The van der Waals surface area contributed by atoms with Crippen LogP contribution in [0.3, 0.4) is 0 Å². The summed E-state index contributed by atoms with van der Waals surface area (Å²) < 4.78 is 14.5. The average Bonchev–Trinajstić information content (AvgIpc) is 2.76. The van der Waals surface area contributed by atoms with Crippen LogP contribution in [0.25, 0.3) is 22.4 Å². The second-order valence-corrected chi connectivity index (χ2v) is 5.88. The fourth-order valence-corrected chi connectivity index (χ4v) is 2.74. The third-order valence-corrected chi connectivity index (χ3v) is 3.84. The number of rotatable bonds is 1. The number of hydrogen-bond acceptors (Lipinski definition) is 2. The minimum atomic E-state index is -0.304. The van der Waals surface area contributed by atoms with E-state index in [1.807, 2.05) is 6.07 Å². The van der Waals surface area contributed by atoms with Crippen molar-refractivity contribution in [3.8, 4) is 11.4 Å². The van der Waals surface area contributed by atoms with Crippen LogP contribution in [0.15, 0.2) is 39.3 Å². The molecule has 1 aromatic heterocycles. The van der Waals surface area contributed by atoms with Crippen LogP contribution >= 0.6 is 31.9 Å². The molecule has 3 rings (SSSR count). The second kappa shape index (κ2) is 4.61. The number of hydrogen-bond donors (Lipinski definition) is 2. The smallest absolute Gasteiger partial charge is 0.138 e. The van der Waals surface area contributed by atoms with Gasteiger partial charge in [0.25, 0.3) is 0 Å². The van der Waals surface area contributed by atoms with Gasteiger partial charge in [0, 0.05) is 10.0 Å². The number of H-pyrrole nitrogens is 1. The van der Waals surface area contributed by atoms with E-state index in [0.29, 0.717) is 21.5 Å². The maximum atomic E-state index is 13.2. The summed E-state index contributed by atoms with van der Waals surface area (Å²) in [7, 11) is 0. The van der Waals surface area contributed by atoms with Crippen molar-refractivity contribution in [2.45, 2.75) is 0 Å². The first-order chi connectivity index (χ1) is 9.04. The summed E-state index contributed by atoms with van der Waals surface area (Å²) in [5, 5.41) is 0. The number of aromatic nitrogens is 2. The molecule has 1 heterocycles. The van der Waals surface area contributed by atoms with E-state index in [4.69, 9.17) is 5.73 Å². The Labute approximate surface area is 125 Å². The lowest BCUT2D eigenvalue weighted by molar-refractivity contribution is 0.621. The van der Waals surface area contributed by atoms with Crippen molar-refractivity contribution >= 4 is 48.6 Å². The summed E-state index contributed by atoms with van der Waals surface area (Å²) in [6.07, 6.45) is 0. The van der Waals surface area contributed by atoms with Gasteiger partial charge in [-0.1, -0.05) is 15.9 Å². The van der Waals surface area contributed by atoms with Crippen LogP contribution in [-0.4, -0.2) is 9.97 Å². The standard InChI is InChI=1S/C13H8Br2FN3/c14-7-4-10(17)12-11(5-7)18-13(19-12)6-1-2-9(16)8(15)3-6/h1-5H,17H2,(H,18,19). The normalized spacial score (nSPS) is 11.1. The first kappa shape index (κ1) is 12.6. The molecule has 0 bridgehead atoms. The van der Waals surface area contributed by atoms with Crippen LogP contribution in [0, 0.1) is 5.82 Å². The van der Waals surface area contributed by atoms with Crippen molar-refractivity contribution in [2.75, 3.05) is 5.73 Å². The van der Waals surface area contributed by atoms with Crippen molar-refractivity contribution in [3.05, 3.63) is 45.1 Å². The van der Waals surface area contributed by atoms with Gasteiger partial charge in [-0.05, 0) is 46.3 Å². The Morgan fingerprint density at radius 1 is 1.16 bits per heavy atom. The van der Waals surface area contributed by atoms with E-state index in [2.05, 4.69) is 41.8 Å². The van der Waals surface area contributed by atoms with E-state index < -0.39 is 0 Å². The molecule has 6 heteroatoms. The van der Waals surface area contributed by atoms with E-state index in [9.17, 15) is 4.39 Å². The lowest BCUT2D eigenvalue weighted by Gasteiger charge is -1.98. The predicted molar refractivity (Wildman–Crippen MR) is 81.3 cm³/mol. The molecule has 0 saturated carbocycles. The van der Waals surface area contributed by atoms with Gasteiger partial charge in [-0.3, -0.25) is 0 Å². The highest BCUT2D eigenvalue weighted by atomic mass is 79.9. The molecule has 0 saturated heterocycles. The van der Waals surface area contributed by atoms with Crippen LogP contribution in [0.4, 0.5) is 10.1 Å². The summed E-state index contributed by atoms with van der Waals surface area (Å²) in [5.41, 5.74) is 8.85. The van der Waals surface area contributed by atoms with E-state index in [1.54, 1.807) is 18.2 Å². The second-order valence-electron chi connectivity index (χ2n) is 4.11. The molecule has 3 aromatic rings. The Kier molecular flexibility index (Phi) is 3.06. The Balaban J connectivity index is 2.20. The van der Waals surface area contributed by atoms with Crippen LogP contribution in [0.2, 0.25) is 0 Å². The molecule has 0 aliphatic carbocycles. The minimum Gasteiger partial charge on any atom is -0.397 e. The molecule has 0 radical (unpaired) electrons. The van der Waals surface area contributed by atoms with Gasteiger partial charge in [-0.25, -0.2) is 9.37 Å². The Bertz CT molecular complexity index is 783. The Morgan fingerprint density at radius 2 is 1.95 bits per heavy atom. The van der Waals surface area contributed by atoms with Crippen molar-refractivity contribution < 1.29 is 4.39 Å². The van der Waals surface area contributed by atoms with Gasteiger partial charge in [0.05, 0.1) is 15.7 Å². The molecule has 0 unspecified atom stereocenters. The molecule has 0 fully saturated rings. The molecular formula is C13H8Br2FN3. The summed E-state index contributed by atoms with van der Waals surface area (Å²) in [5.74, 6) is 0.350. The average molecular weight is 385 g/mol. The Morgan fingerprint density at radius 3 is 2.68 bits per heavy atom. The number of imidazole rings is 1. The predicted octanol–water partition coefficient (Wildman–Crippen LogP) is 4.48. The van der Waals surface area contributed by atoms with E-state index >= 15 is 0 Å². The van der Waals surface area contributed by atoms with E-state index in [1.165, 1.54) is 6.07 Å². The number of halogens is 3. The highest BCUT2D eigenvalue weighted by molar-refractivity contribution is 9.10. The maximum Gasteiger partial charge on any atom is 0.138 e. The zero-order chi connectivity index (χ0) is 13.6. The molecule has 19 heavy (non-hydrogen) atoms. The lowest BCUT2D eigenvalue weighted by atomic mass is 10.2. The van der Waals surface area contributed by atoms with Crippen LogP contribution in [-0.2, 0) is 0 Å². The SMILES string of the molecule is Nc1cc(Br)cc2[nH]c(-c3ccc(F)c(Br)c3)nc12. The zero-order valence-corrected chi connectivity index (χ0v) is 12.7. The highest BCUT2D eigenvalue weighted by Crippen LogP contribution is 2.29. The van der Waals surface area contributed by atoms with Crippen molar-refractivity contribution in [1.82, 2.24) is 9.97 Å². The first-order valence-corrected chi connectivity index (χ1v) is 7.03. The van der Waals surface area contributed by atoms with Gasteiger partial charge in [-0.2, -0.15) is 0 Å². The molecule has 0 atom stereocenters. The fourth-order valence-electron chi connectivity index (χ4n) is 1.89. The van der Waals surface area contributed by atoms with Gasteiger partial charge < -0.3 is 10.7 Å². The van der Waals surface area contributed by atoms with Crippen LogP contribution in [0.5, 0.6) is 0 Å². The summed E-state index contributed by atoms with van der Waals surface area (Å²) >= 11 is 6.55. The zero-order valence-electron chi connectivity index (χ0n) is 9.55. The van der Waals surface area contributed by atoms with Crippen molar-refractivity contribution in [2.24, 2.45) is 0 Å². The monoisotopic (exact) mass is 383 g/mol. The van der Waals surface area contributed by atoms with Gasteiger partial charge in [-0.15, -0.1) is 0 Å². The minimum absolute atomic E-state index is 0.304. The van der Waals surface area contributed by atoms with E-state index in [-0.39, 0.29) is 5.82 Å². The summed E-state index contributed by atoms with van der Waals surface area (Å²) in [6.45, 7) is 0. The van der Waals surface area contributed by atoms with Crippen LogP contribution in [0.1, 0.15) is 0 Å². The molecule has 2 aromatic carbocycles. The molecule has 96 valence electrons. The van der Waals surface area contributed by atoms with Crippen molar-refractivity contribution in [3.63, 3.8) is 0 Å². The molecule has 0 amide bonds. The third-order valence-electron chi connectivity index (χ3n) is 2.77. The summed E-state index contributed by atoms with van der Waals surface area (Å²) in [4.78, 5) is 7.63. The molecular weight excluding hydrogens is 377 g/mol. The number of nitrogens with one attached hydrogen (secondary N) is 1. The van der Waals surface area contributed by atoms with E-state index in [0.717, 1.165) is 15.6 Å². The molecule has 3 nitrogen and oxygen atoms in total. The molecule has 0 aliphatic heterocycles. The number of benzene rings is 2. The number of nitrogens with two attached hydrogens (primary N) is 1. The van der Waals surface area contributed by atoms with Gasteiger partial charge in [0.15, 0.2) is 0 Å². The quantitative estimate of drug-likeness (QED) is 0.608. The first-order valence-electron chi connectivity index (χ1n) is 5.45. The fraction of sp³-hybridized carbons (Fsp3) is 0. The highest BCUT2D eigenvalue weighted by Gasteiger charge is 2.10. The largest absolute Gasteiger partial charge is 0.397 e. The summed E-state index contributed by atoms with van der Waals surface area (Å²) in [6, 6.07) is 8.45. The maximum absolute atomic E-state index is 13.2. The van der Waals surface area contributed by atoms with Gasteiger partial charge in [0.2, 0.25) is 0 Å². The number of fused-ring (bicyclic) bond motifs is 1. The van der Waals surface area contributed by atoms with Gasteiger partial charge in [0.1, 0.15) is 17.2 Å². The lowest BCUT2D eigenvalue weighted by Crippen LogP contribution is -1.86.